The second-order valence-electron chi connectivity index (χ2n) is 2.79. The molecule has 1 N–H and O–H groups in total. The highest BCUT2D eigenvalue weighted by Gasteiger charge is 2.11. The summed E-state index contributed by atoms with van der Waals surface area (Å²) in [6.45, 7) is 6.03. The zero-order valence-electron chi connectivity index (χ0n) is 8.49. The lowest BCUT2D eigenvalue weighted by Crippen LogP contribution is -2.27. The standard InChI is InChI=1S/C8H18N2O2S/c1-4-6-10(7-5-2)13-9(3)8(11)12/h4-7H2,1-3H3,(H,11,12). The maximum atomic E-state index is 10.5. The van der Waals surface area contributed by atoms with Crippen LogP contribution in [0.3, 0.4) is 0 Å². The first-order valence-corrected chi connectivity index (χ1v) is 5.24. The van der Waals surface area contributed by atoms with Gasteiger partial charge in [-0.15, -0.1) is 0 Å². The number of nitrogens with zero attached hydrogens (tertiary/aromatic N) is 2. The SMILES string of the molecule is CCCN(CCC)SN(C)C(=O)O. The largest absolute Gasteiger partial charge is 0.464 e. The maximum absolute atomic E-state index is 10.5. The molecule has 0 spiro atoms. The van der Waals surface area contributed by atoms with E-state index in [9.17, 15) is 4.79 Å². The van der Waals surface area contributed by atoms with Gasteiger partial charge in [0.25, 0.3) is 0 Å². The van der Waals surface area contributed by atoms with E-state index in [1.165, 1.54) is 16.4 Å². The Morgan fingerprint density at radius 2 is 1.77 bits per heavy atom. The highest BCUT2D eigenvalue weighted by molar-refractivity contribution is 7.95. The van der Waals surface area contributed by atoms with Crippen molar-refractivity contribution in [3.8, 4) is 0 Å². The van der Waals surface area contributed by atoms with Gasteiger partial charge < -0.3 is 5.11 Å². The van der Waals surface area contributed by atoms with Gasteiger partial charge >= 0.3 is 6.09 Å². The third-order valence-corrected chi connectivity index (χ3v) is 2.45. The van der Waals surface area contributed by atoms with Gasteiger partial charge in [0.1, 0.15) is 0 Å². The number of amides is 1. The van der Waals surface area contributed by atoms with Crippen molar-refractivity contribution in [1.82, 2.24) is 8.61 Å². The Bertz CT molecular complexity index is 149. The van der Waals surface area contributed by atoms with Crippen LogP contribution in [0.15, 0.2) is 0 Å². The Morgan fingerprint density at radius 3 is 2.08 bits per heavy atom. The number of hydrogen-bond acceptors (Lipinski definition) is 3. The fourth-order valence-electron chi connectivity index (χ4n) is 0.900. The first-order valence-electron chi connectivity index (χ1n) is 4.51. The van der Waals surface area contributed by atoms with Crippen LogP contribution in [0.1, 0.15) is 26.7 Å². The molecule has 0 aliphatic carbocycles. The minimum Gasteiger partial charge on any atom is -0.464 e. The third kappa shape index (κ3) is 5.76. The monoisotopic (exact) mass is 206 g/mol. The van der Waals surface area contributed by atoms with Crippen LogP contribution in [-0.2, 0) is 0 Å². The van der Waals surface area contributed by atoms with Crippen LogP contribution in [0.2, 0.25) is 0 Å². The zero-order chi connectivity index (χ0) is 10.3. The molecule has 0 rings (SSSR count). The van der Waals surface area contributed by atoms with Crippen molar-refractivity contribution in [2.45, 2.75) is 26.7 Å². The summed E-state index contributed by atoms with van der Waals surface area (Å²) in [5, 5.41) is 8.65. The molecular weight excluding hydrogens is 188 g/mol. The lowest BCUT2D eigenvalue weighted by Gasteiger charge is -2.23. The quantitative estimate of drug-likeness (QED) is 0.677. The van der Waals surface area contributed by atoms with Crippen LogP contribution in [0.4, 0.5) is 4.79 Å². The molecule has 4 nitrogen and oxygen atoms in total. The van der Waals surface area contributed by atoms with Crippen molar-refractivity contribution < 1.29 is 9.90 Å². The minimum absolute atomic E-state index is 0.901. The van der Waals surface area contributed by atoms with Crippen LogP contribution in [-0.4, -0.2) is 39.9 Å². The van der Waals surface area contributed by atoms with Gasteiger partial charge in [0.15, 0.2) is 0 Å². The van der Waals surface area contributed by atoms with E-state index in [-0.39, 0.29) is 0 Å². The lowest BCUT2D eigenvalue weighted by atomic mass is 10.4. The van der Waals surface area contributed by atoms with E-state index in [2.05, 4.69) is 18.2 Å². The first-order chi connectivity index (χ1) is 6.11. The molecule has 0 atom stereocenters. The Morgan fingerprint density at radius 1 is 1.31 bits per heavy atom. The highest BCUT2D eigenvalue weighted by Crippen LogP contribution is 2.14. The van der Waals surface area contributed by atoms with Crippen LogP contribution in [0.25, 0.3) is 0 Å². The number of hydrogen-bond donors (Lipinski definition) is 1. The molecule has 1 amide bonds. The molecule has 0 aromatic heterocycles. The third-order valence-electron chi connectivity index (χ3n) is 1.45. The molecule has 13 heavy (non-hydrogen) atoms. The molecule has 0 aromatic rings. The van der Waals surface area contributed by atoms with Gasteiger partial charge in [-0.25, -0.2) is 13.4 Å². The van der Waals surface area contributed by atoms with Gasteiger partial charge in [0, 0.05) is 32.3 Å². The zero-order valence-corrected chi connectivity index (χ0v) is 9.30. The normalized spacial score (nSPS) is 10.5. The number of rotatable bonds is 6. The molecule has 0 saturated carbocycles. The summed E-state index contributed by atoms with van der Waals surface area (Å²) in [7, 11) is 1.56. The van der Waals surface area contributed by atoms with Crippen molar-refractivity contribution in [3.05, 3.63) is 0 Å². The van der Waals surface area contributed by atoms with Crippen molar-refractivity contribution in [2.24, 2.45) is 0 Å². The van der Waals surface area contributed by atoms with Gasteiger partial charge in [-0.05, 0) is 12.8 Å². The van der Waals surface area contributed by atoms with E-state index in [1.807, 2.05) is 0 Å². The van der Waals surface area contributed by atoms with E-state index in [4.69, 9.17) is 5.11 Å². The highest BCUT2D eigenvalue weighted by atomic mass is 32.2. The van der Waals surface area contributed by atoms with E-state index in [0.717, 1.165) is 25.9 Å². The number of carboxylic acid groups (broad SMARTS) is 1. The molecule has 0 aliphatic heterocycles. The second-order valence-corrected chi connectivity index (χ2v) is 4.02. The molecule has 0 fully saturated rings. The van der Waals surface area contributed by atoms with Crippen molar-refractivity contribution in [2.75, 3.05) is 20.1 Å². The average molecular weight is 206 g/mol. The van der Waals surface area contributed by atoms with Gasteiger partial charge in [0.2, 0.25) is 0 Å². The van der Waals surface area contributed by atoms with Gasteiger partial charge in [-0.2, -0.15) is 0 Å². The Hall–Kier alpha value is -0.420. The van der Waals surface area contributed by atoms with Crippen LogP contribution < -0.4 is 0 Å². The van der Waals surface area contributed by atoms with E-state index in [1.54, 1.807) is 7.05 Å². The Labute approximate surface area is 84.2 Å². The van der Waals surface area contributed by atoms with E-state index in [0.29, 0.717) is 0 Å². The Balaban J connectivity index is 3.85. The molecule has 78 valence electrons. The average Bonchev–Trinajstić information content (AvgIpc) is 2.05. The molecule has 0 aromatic carbocycles. The fourth-order valence-corrected chi connectivity index (χ4v) is 1.85. The Kier molecular flexibility index (Phi) is 6.80. The van der Waals surface area contributed by atoms with Gasteiger partial charge in [-0.1, -0.05) is 13.8 Å². The predicted octanol–water partition coefficient (Wildman–Crippen LogP) is 2.28. The fraction of sp³-hybridized carbons (Fsp3) is 0.875. The van der Waals surface area contributed by atoms with Crippen LogP contribution in [0, 0.1) is 0 Å². The minimum atomic E-state index is -0.901. The van der Waals surface area contributed by atoms with Crippen LogP contribution >= 0.6 is 12.1 Å². The second kappa shape index (κ2) is 7.03. The molecule has 0 saturated heterocycles. The van der Waals surface area contributed by atoms with Crippen molar-refractivity contribution >= 4 is 18.2 Å². The summed E-state index contributed by atoms with van der Waals surface area (Å²) < 4.78 is 3.29. The van der Waals surface area contributed by atoms with E-state index >= 15 is 0 Å². The molecule has 5 heteroatoms. The first kappa shape index (κ1) is 12.6. The maximum Gasteiger partial charge on any atom is 0.418 e. The summed E-state index contributed by atoms with van der Waals surface area (Å²) in [6, 6.07) is 0. The summed E-state index contributed by atoms with van der Waals surface area (Å²) in [6.07, 6.45) is 1.18. The molecule has 0 radical (unpaired) electrons. The summed E-state index contributed by atoms with van der Waals surface area (Å²) in [5.41, 5.74) is 0. The molecule has 0 aliphatic rings. The summed E-state index contributed by atoms with van der Waals surface area (Å²) in [4.78, 5) is 10.5. The molecule has 0 bridgehead atoms. The molecular formula is C8H18N2O2S. The van der Waals surface area contributed by atoms with Crippen LogP contribution in [0.5, 0.6) is 0 Å². The van der Waals surface area contributed by atoms with E-state index < -0.39 is 6.09 Å². The molecule has 0 unspecified atom stereocenters. The molecule has 0 heterocycles. The van der Waals surface area contributed by atoms with Crippen molar-refractivity contribution in [3.63, 3.8) is 0 Å². The summed E-state index contributed by atoms with van der Waals surface area (Å²) >= 11 is 1.27. The van der Waals surface area contributed by atoms with Gasteiger partial charge in [-0.3, -0.25) is 0 Å². The topological polar surface area (TPSA) is 43.8 Å². The summed E-state index contributed by atoms with van der Waals surface area (Å²) in [5.74, 6) is 0. The lowest BCUT2D eigenvalue weighted by molar-refractivity contribution is 0.179. The number of carbonyl (C=O) groups is 1. The smallest absolute Gasteiger partial charge is 0.418 e. The van der Waals surface area contributed by atoms with Gasteiger partial charge in [0.05, 0.1) is 0 Å². The predicted molar refractivity (Wildman–Crippen MR) is 55.5 cm³/mol. The van der Waals surface area contributed by atoms with Crippen molar-refractivity contribution in [1.29, 1.82) is 0 Å².